The summed E-state index contributed by atoms with van der Waals surface area (Å²) in [5.41, 5.74) is 0.918. The van der Waals surface area contributed by atoms with Crippen molar-refractivity contribution in [1.29, 1.82) is 0 Å². The third-order valence-corrected chi connectivity index (χ3v) is 4.52. The Morgan fingerprint density at radius 3 is 2.36 bits per heavy atom. The number of nitrogens with one attached hydrogen (secondary N) is 2. The van der Waals surface area contributed by atoms with Crippen molar-refractivity contribution >= 4 is 11.8 Å². The third kappa shape index (κ3) is 6.86. The van der Waals surface area contributed by atoms with Crippen molar-refractivity contribution in [1.82, 2.24) is 15.5 Å². The second kappa shape index (κ2) is 8.99. The number of likely N-dealkylation sites (tertiary alicyclic amines) is 1. The lowest BCUT2D eigenvalue weighted by molar-refractivity contribution is -0.128. The number of carbonyl (C=O) groups is 2. The van der Waals surface area contributed by atoms with E-state index in [9.17, 15) is 9.59 Å². The summed E-state index contributed by atoms with van der Waals surface area (Å²) in [6, 6.07) is 10.7. The summed E-state index contributed by atoms with van der Waals surface area (Å²) < 4.78 is 0. The molecule has 5 nitrogen and oxygen atoms in total. The van der Waals surface area contributed by atoms with E-state index < -0.39 is 5.41 Å². The van der Waals surface area contributed by atoms with Gasteiger partial charge in [0.05, 0.1) is 0 Å². The minimum atomic E-state index is -0.415. The zero-order valence-corrected chi connectivity index (χ0v) is 15.7. The standard InChI is InChI=1S/C20H31N3O2/c1-20(2,3)19(25)21-12-9-18(24)22-17-10-13-23(14-11-17)15-16-7-5-4-6-8-16/h4-8,17H,9-15H2,1-3H3,(H,21,25)(H,22,24). The molecular weight excluding hydrogens is 314 g/mol. The predicted molar refractivity (Wildman–Crippen MR) is 100.0 cm³/mol. The molecule has 138 valence electrons. The smallest absolute Gasteiger partial charge is 0.225 e. The van der Waals surface area contributed by atoms with Crippen molar-refractivity contribution in [3.63, 3.8) is 0 Å². The summed E-state index contributed by atoms with van der Waals surface area (Å²) in [6.07, 6.45) is 2.30. The Labute approximate surface area is 151 Å². The molecule has 0 aliphatic carbocycles. The maximum atomic E-state index is 12.0. The molecular formula is C20H31N3O2. The van der Waals surface area contributed by atoms with E-state index in [1.807, 2.05) is 26.8 Å². The average molecular weight is 345 g/mol. The van der Waals surface area contributed by atoms with Crippen LogP contribution in [-0.2, 0) is 16.1 Å². The Morgan fingerprint density at radius 1 is 1.12 bits per heavy atom. The molecule has 1 heterocycles. The quantitative estimate of drug-likeness (QED) is 0.832. The lowest BCUT2D eigenvalue weighted by atomic mass is 9.96. The molecule has 1 fully saturated rings. The van der Waals surface area contributed by atoms with E-state index in [4.69, 9.17) is 0 Å². The molecule has 0 radical (unpaired) electrons. The number of rotatable bonds is 6. The Kier molecular flexibility index (Phi) is 7.00. The number of benzene rings is 1. The highest BCUT2D eigenvalue weighted by molar-refractivity contribution is 5.82. The number of piperidine rings is 1. The van der Waals surface area contributed by atoms with E-state index in [2.05, 4.69) is 39.8 Å². The maximum Gasteiger partial charge on any atom is 0.225 e. The van der Waals surface area contributed by atoms with Crippen LogP contribution in [0.1, 0.15) is 45.6 Å². The summed E-state index contributed by atoms with van der Waals surface area (Å²) in [5.74, 6) is 0.00485. The normalized spacial score (nSPS) is 16.4. The molecule has 0 unspecified atom stereocenters. The van der Waals surface area contributed by atoms with Crippen molar-refractivity contribution < 1.29 is 9.59 Å². The zero-order valence-electron chi connectivity index (χ0n) is 15.7. The van der Waals surface area contributed by atoms with E-state index in [1.165, 1.54) is 5.56 Å². The van der Waals surface area contributed by atoms with Gasteiger partial charge in [-0.15, -0.1) is 0 Å². The largest absolute Gasteiger partial charge is 0.355 e. The molecule has 0 spiro atoms. The van der Waals surface area contributed by atoms with Crippen LogP contribution in [0.2, 0.25) is 0 Å². The number of hydrogen-bond acceptors (Lipinski definition) is 3. The van der Waals surface area contributed by atoms with Crippen LogP contribution in [-0.4, -0.2) is 42.4 Å². The second-order valence-electron chi connectivity index (χ2n) is 7.86. The fraction of sp³-hybridized carbons (Fsp3) is 0.600. The van der Waals surface area contributed by atoms with Crippen molar-refractivity contribution in [3.8, 4) is 0 Å². The highest BCUT2D eigenvalue weighted by Crippen LogP contribution is 2.14. The van der Waals surface area contributed by atoms with E-state index in [0.29, 0.717) is 13.0 Å². The van der Waals surface area contributed by atoms with Crippen molar-refractivity contribution in [2.24, 2.45) is 5.41 Å². The van der Waals surface area contributed by atoms with Crippen LogP contribution in [0.3, 0.4) is 0 Å². The molecule has 0 aromatic heterocycles. The first-order chi connectivity index (χ1) is 11.8. The molecule has 1 aromatic rings. The Morgan fingerprint density at radius 2 is 1.76 bits per heavy atom. The monoisotopic (exact) mass is 345 g/mol. The Balaban J connectivity index is 1.63. The number of carbonyl (C=O) groups excluding carboxylic acids is 2. The van der Waals surface area contributed by atoms with Crippen LogP contribution >= 0.6 is 0 Å². The van der Waals surface area contributed by atoms with Gasteiger partial charge >= 0.3 is 0 Å². The van der Waals surface area contributed by atoms with Crippen LogP contribution in [0.5, 0.6) is 0 Å². The zero-order chi connectivity index (χ0) is 18.3. The van der Waals surface area contributed by atoms with Gasteiger partial charge in [0.2, 0.25) is 11.8 Å². The van der Waals surface area contributed by atoms with Gasteiger partial charge in [-0.3, -0.25) is 14.5 Å². The van der Waals surface area contributed by atoms with Crippen LogP contribution < -0.4 is 10.6 Å². The maximum absolute atomic E-state index is 12.0. The first-order valence-electron chi connectivity index (χ1n) is 9.18. The van der Waals surface area contributed by atoms with E-state index in [1.54, 1.807) is 0 Å². The predicted octanol–water partition coefficient (Wildman–Crippen LogP) is 2.32. The van der Waals surface area contributed by atoms with Crippen molar-refractivity contribution in [2.75, 3.05) is 19.6 Å². The van der Waals surface area contributed by atoms with Gasteiger partial charge in [0.15, 0.2) is 0 Å². The molecule has 25 heavy (non-hydrogen) atoms. The van der Waals surface area contributed by atoms with Crippen LogP contribution in [0.25, 0.3) is 0 Å². The molecule has 2 N–H and O–H groups in total. The third-order valence-electron chi connectivity index (χ3n) is 4.52. The van der Waals surface area contributed by atoms with Gasteiger partial charge in [-0.2, -0.15) is 0 Å². The summed E-state index contributed by atoms with van der Waals surface area (Å²) in [7, 11) is 0. The molecule has 1 aromatic carbocycles. The van der Waals surface area contributed by atoms with Gasteiger partial charge in [0.25, 0.3) is 0 Å². The molecule has 1 aliphatic heterocycles. The van der Waals surface area contributed by atoms with Gasteiger partial charge in [0, 0.05) is 44.1 Å². The van der Waals surface area contributed by atoms with Gasteiger partial charge in [-0.25, -0.2) is 0 Å². The van der Waals surface area contributed by atoms with Crippen molar-refractivity contribution in [2.45, 2.75) is 52.6 Å². The fourth-order valence-electron chi connectivity index (χ4n) is 2.93. The second-order valence-corrected chi connectivity index (χ2v) is 7.86. The molecule has 2 amide bonds. The molecule has 2 rings (SSSR count). The molecule has 1 saturated heterocycles. The lowest BCUT2D eigenvalue weighted by Gasteiger charge is -2.32. The van der Waals surface area contributed by atoms with Gasteiger partial charge < -0.3 is 10.6 Å². The fourth-order valence-corrected chi connectivity index (χ4v) is 2.93. The SMILES string of the molecule is CC(C)(C)C(=O)NCCC(=O)NC1CCN(Cc2ccccc2)CC1. The highest BCUT2D eigenvalue weighted by Gasteiger charge is 2.22. The number of nitrogens with zero attached hydrogens (tertiary/aromatic N) is 1. The first kappa shape index (κ1) is 19.4. The molecule has 0 atom stereocenters. The van der Waals surface area contributed by atoms with Crippen molar-refractivity contribution in [3.05, 3.63) is 35.9 Å². The average Bonchev–Trinajstić information content (AvgIpc) is 2.56. The summed E-state index contributed by atoms with van der Waals surface area (Å²) in [4.78, 5) is 26.2. The van der Waals surface area contributed by atoms with Gasteiger partial charge in [0.1, 0.15) is 0 Å². The molecule has 1 aliphatic rings. The van der Waals surface area contributed by atoms with E-state index in [-0.39, 0.29) is 17.9 Å². The van der Waals surface area contributed by atoms with Gasteiger partial charge in [-0.05, 0) is 18.4 Å². The lowest BCUT2D eigenvalue weighted by Crippen LogP contribution is -2.45. The molecule has 5 heteroatoms. The minimum Gasteiger partial charge on any atom is -0.355 e. The van der Waals surface area contributed by atoms with Crippen LogP contribution in [0, 0.1) is 5.41 Å². The number of hydrogen-bond donors (Lipinski definition) is 2. The van der Waals surface area contributed by atoms with Crippen LogP contribution in [0.4, 0.5) is 0 Å². The van der Waals surface area contributed by atoms with Crippen LogP contribution in [0.15, 0.2) is 30.3 Å². The number of amides is 2. The highest BCUT2D eigenvalue weighted by atomic mass is 16.2. The molecule has 0 saturated carbocycles. The van der Waals surface area contributed by atoms with Gasteiger partial charge in [-0.1, -0.05) is 51.1 Å². The summed E-state index contributed by atoms with van der Waals surface area (Å²) in [5, 5.41) is 5.92. The van der Waals surface area contributed by atoms with E-state index in [0.717, 1.165) is 32.5 Å². The summed E-state index contributed by atoms with van der Waals surface area (Å²) >= 11 is 0. The summed E-state index contributed by atoms with van der Waals surface area (Å²) in [6.45, 7) is 8.97. The Bertz CT molecular complexity index is 558. The Hall–Kier alpha value is -1.88. The first-order valence-corrected chi connectivity index (χ1v) is 9.18. The minimum absolute atomic E-state index is 0.0190. The topological polar surface area (TPSA) is 61.4 Å². The van der Waals surface area contributed by atoms with E-state index >= 15 is 0 Å². The molecule has 0 bridgehead atoms.